The molecule has 0 radical (unpaired) electrons. The van der Waals surface area contributed by atoms with Crippen molar-refractivity contribution in [1.29, 1.82) is 0 Å². The summed E-state index contributed by atoms with van der Waals surface area (Å²) in [7, 11) is 0. The Labute approximate surface area is 128 Å². The van der Waals surface area contributed by atoms with Gasteiger partial charge >= 0.3 is 0 Å². The van der Waals surface area contributed by atoms with E-state index in [4.69, 9.17) is 0 Å². The van der Waals surface area contributed by atoms with E-state index in [1.165, 1.54) is 0 Å². The Morgan fingerprint density at radius 2 is 1.70 bits per heavy atom. The zero-order valence-electron chi connectivity index (χ0n) is 11.9. The van der Waals surface area contributed by atoms with Crippen LogP contribution in [0.15, 0.2) is 53.0 Å². The molecule has 3 rings (SSSR count). The van der Waals surface area contributed by atoms with Crippen molar-refractivity contribution in [3.63, 3.8) is 0 Å². The van der Waals surface area contributed by atoms with Crippen molar-refractivity contribution >= 4 is 27.5 Å². The Morgan fingerprint density at radius 3 is 2.35 bits per heavy atom. The van der Waals surface area contributed by atoms with Crippen LogP contribution in [-0.2, 0) is 10.2 Å². The van der Waals surface area contributed by atoms with Crippen LogP contribution in [0.1, 0.15) is 31.9 Å². The molecular weight excluding hydrogens is 314 g/mol. The molecule has 0 fully saturated rings. The lowest BCUT2D eigenvalue weighted by Crippen LogP contribution is -2.32. The molecular formula is C17H18BrNO. The van der Waals surface area contributed by atoms with E-state index < -0.39 is 5.41 Å². The molecule has 0 bridgehead atoms. The van der Waals surface area contributed by atoms with Crippen molar-refractivity contribution in [3.8, 4) is 0 Å². The van der Waals surface area contributed by atoms with Gasteiger partial charge in [-0.1, -0.05) is 60.1 Å². The van der Waals surface area contributed by atoms with Crippen molar-refractivity contribution < 1.29 is 4.79 Å². The highest BCUT2D eigenvalue weighted by Gasteiger charge is 2.43. The topological polar surface area (TPSA) is 29.1 Å². The summed E-state index contributed by atoms with van der Waals surface area (Å²) in [5.41, 5.74) is 2.32. The lowest BCUT2D eigenvalue weighted by Gasteiger charge is -2.22. The van der Waals surface area contributed by atoms with Gasteiger partial charge in [-0.2, -0.15) is 0 Å². The molecule has 2 aromatic rings. The summed E-state index contributed by atoms with van der Waals surface area (Å²) in [6, 6.07) is 15.8. The quantitative estimate of drug-likeness (QED) is 0.803. The third kappa shape index (κ3) is 2.27. The predicted octanol–water partition coefficient (Wildman–Crippen LogP) is 4.73. The second kappa shape index (κ2) is 5.80. The second-order valence-corrected chi connectivity index (χ2v) is 5.55. The van der Waals surface area contributed by atoms with E-state index in [0.29, 0.717) is 0 Å². The molecule has 1 aliphatic heterocycles. The van der Waals surface area contributed by atoms with E-state index in [2.05, 4.69) is 21.2 Å². The molecule has 1 unspecified atom stereocenters. The zero-order chi connectivity index (χ0) is 14.8. The van der Waals surface area contributed by atoms with Crippen molar-refractivity contribution in [3.05, 3.63) is 64.1 Å². The third-order valence-corrected chi connectivity index (χ3v) is 4.07. The molecule has 20 heavy (non-hydrogen) atoms. The number of nitrogens with one attached hydrogen (secondary N) is 1. The van der Waals surface area contributed by atoms with Crippen LogP contribution in [0.2, 0.25) is 0 Å². The number of carbonyl (C=O) groups is 1. The van der Waals surface area contributed by atoms with Gasteiger partial charge in [-0.05, 0) is 36.2 Å². The molecule has 0 aromatic heterocycles. The molecule has 3 heteroatoms. The first-order valence-corrected chi connectivity index (χ1v) is 7.58. The van der Waals surface area contributed by atoms with Crippen LogP contribution in [0.5, 0.6) is 0 Å². The summed E-state index contributed by atoms with van der Waals surface area (Å²) < 4.78 is 0.986. The Balaban J connectivity index is 0.000000704. The Hall–Kier alpha value is -1.61. The van der Waals surface area contributed by atoms with Crippen molar-refractivity contribution in [1.82, 2.24) is 0 Å². The SMILES string of the molecule is CC.CC1(c2ccccc2)C(=O)Nc2ccc(Br)cc21. The first kappa shape index (κ1) is 14.8. The minimum Gasteiger partial charge on any atom is -0.325 e. The van der Waals surface area contributed by atoms with E-state index in [1.54, 1.807) is 0 Å². The van der Waals surface area contributed by atoms with Gasteiger partial charge in [0.15, 0.2) is 0 Å². The van der Waals surface area contributed by atoms with Gasteiger partial charge in [0.2, 0.25) is 5.91 Å². The fourth-order valence-corrected chi connectivity index (χ4v) is 2.83. The van der Waals surface area contributed by atoms with Crippen molar-refractivity contribution in [2.75, 3.05) is 5.32 Å². The van der Waals surface area contributed by atoms with Gasteiger partial charge in [-0.25, -0.2) is 0 Å². The molecule has 1 aliphatic rings. The standard InChI is InChI=1S/C15H12BrNO.C2H6/c1-15(10-5-3-2-4-6-10)12-9-11(16)7-8-13(12)17-14(15)18;1-2/h2-9H,1H3,(H,17,18);1-2H3. The number of fused-ring (bicyclic) bond motifs is 1. The maximum absolute atomic E-state index is 12.3. The van der Waals surface area contributed by atoms with Gasteiger partial charge < -0.3 is 5.32 Å². The maximum Gasteiger partial charge on any atom is 0.239 e. The summed E-state index contributed by atoms with van der Waals surface area (Å²) in [4.78, 5) is 12.3. The molecule has 2 aromatic carbocycles. The number of anilines is 1. The molecule has 0 aliphatic carbocycles. The number of benzene rings is 2. The molecule has 1 amide bonds. The van der Waals surface area contributed by atoms with Crippen LogP contribution in [0.25, 0.3) is 0 Å². The second-order valence-electron chi connectivity index (χ2n) is 4.64. The Kier molecular flexibility index (Phi) is 4.29. The Bertz CT molecular complexity index is 624. The van der Waals surface area contributed by atoms with Gasteiger partial charge in [0.1, 0.15) is 0 Å². The summed E-state index contributed by atoms with van der Waals surface area (Å²) in [6.07, 6.45) is 0. The highest BCUT2D eigenvalue weighted by Crippen LogP contribution is 2.43. The minimum atomic E-state index is -0.611. The number of carbonyl (C=O) groups excluding carboxylic acids is 1. The van der Waals surface area contributed by atoms with Gasteiger partial charge in [0.05, 0.1) is 5.41 Å². The molecule has 2 nitrogen and oxygen atoms in total. The summed E-state index contributed by atoms with van der Waals surface area (Å²) in [6.45, 7) is 5.97. The molecule has 1 N–H and O–H groups in total. The van der Waals surface area contributed by atoms with Crippen LogP contribution in [0.4, 0.5) is 5.69 Å². The van der Waals surface area contributed by atoms with Crippen LogP contribution < -0.4 is 5.32 Å². The fraction of sp³-hybridized carbons (Fsp3) is 0.235. The highest BCUT2D eigenvalue weighted by atomic mass is 79.9. The molecule has 0 saturated carbocycles. The van der Waals surface area contributed by atoms with Crippen LogP contribution >= 0.6 is 15.9 Å². The van der Waals surface area contributed by atoms with Gasteiger partial charge in [-0.3, -0.25) is 4.79 Å². The van der Waals surface area contributed by atoms with E-state index in [9.17, 15) is 4.79 Å². The number of hydrogen-bond acceptors (Lipinski definition) is 1. The average Bonchev–Trinajstić information content (AvgIpc) is 2.75. The van der Waals surface area contributed by atoms with Gasteiger partial charge in [-0.15, -0.1) is 0 Å². The number of amides is 1. The van der Waals surface area contributed by atoms with Gasteiger partial charge in [0.25, 0.3) is 0 Å². The van der Waals surface area contributed by atoms with Crippen molar-refractivity contribution in [2.24, 2.45) is 0 Å². The summed E-state index contributed by atoms with van der Waals surface area (Å²) in [5.74, 6) is 0.0294. The highest BCUT2D eigenvalue weighted by molar-refractivity contribution is 9.10. The minimum absolute atomic E-state index is 0.0294. The molecule has 104 valence electrons. The predicted molar refractivity (Wildman–Crippen MR) is 87.0 cm³/mol. The van der Waals surface area contributed by atoms with E-state index >= 15 is 0 Å². The lowest BCUT2D eigenvalue weighted by molar-refractivity contribution is -0.119. The monoisotopic (exact) mass is 331 g/mol. The molecule has 0 saturated heterocycles. The van der Waals surface area contributed by atoms with E-state index in [-0.39, 0.29) is 5.91 Å². The van der Waals surface area contributed by atoms with E-state index in [0.717, 1.165) is 21.3 Å². The summed E-state index contributed by atoms with van der Waals surface area (Å²) in [5, 5.41) is 2.95. The average molecular weight is 332 g/mol. The summed E-state index contributed by atoms with van der Waals surface area (Å²) >= 11 is 3.47. The van der Waals surface area contributed by atoms with Crippen LogP contribution in [0, 0.1) is 0 Å². The van der Waals surface area contributed by atoms with E-state index in [1.807, 2.05) is 69.3 Å². The largest absolute Gasteiger partial charge is 0.325 e. The number of halogens is 1. The molecule has 1 heterocycles. The number of rotatable bonds is 1. The number of hydrogen-bond donors (Lipinski definition) is 1. The van der Waals surface area contributed by atoms with Gasteiger partial charge in [0, 0.05) is 10.2 Å². The zero-order valence-corrected chi connectivity index (χ0v) is 13.5. The maximum atomic E-state index is 12.3. The van der Waals surface area contributed by atoms with Crippen LogP contribution in [-0.4, -0.2) is 5.91 Å². The lowest BCUT2D eigenvalue weighted by atomic mass is 9.77. The molecule has 1 atom stereocenters. The fourth-order valence-electron chi connectivity index (χ4n) is 2.47. The van der Waals surface area contributed by atoms with Crippen molar-refractivity contribution in [2.45, 2.75) is 26.2 Å². The third-order valence-electron chi connectivity index (χ3n) is 3.57. The first-order valence-electron chi connectivity index (χ1n) is 6.79. The Morgan fingerprint density at radius 1 is 1.05 bits per heavy atom. The molecule has 0 spiro atoms. The normalized spacial score (nSPS) is 19.7. The smallest absolute Gasteiger partial charge is 0.239 e. The van der Waals surface area contributed by atoms with Crippen LogP contribution in [0.3, 0.4) is 0 Å². The first-order chi connectivity index (χ1) is 9.62.